The number of aliphatic hydroxyl groups excluding tert-OH is 1. The number of aliphatic hydroxyl groups is 2. The molecule has 0 aromatic heterocycles. The third kappa shape index (κ3) is 7.91. The van der Waals surface area contributed by atoms with E-state index in [1.54, 1.807) is 12.1 Å². The summed E-state index contributed by atoms with van der Waals surface area (Å²) < 4.78 is 0. The normalized spacial score (nSPS) is 14.6. The number of unbranched alkanes of at least 4 members (excludes halogenated alkanes) is 3. The van der Waals surface area contributed by atoms with Crippen LogP contribution in [-0.2, 0) is 16.0 Å². The van der Waals surface area contributed by atoms with Gasteiger partial charge in [0, 0.05) is 16.5 Å². The average molecular weight is 407 g/mol. The van der Waals surface area contributed by atoms with Crippen molar-refractivity contribution in [2.45, 2.75) is 63.1 Å². The molecule has 0 radical (unpaired) electrons. The van der Waals surface area contributed by atoms with Crippen LogP contribution in [0.5, 0.6) is 0 Å². The molecule has 0 saturated carbocycles. The number of carboxylic acid groups (broad SMARTS) is 2. The minimum atomic E-state index is -2.45. The van der Waals surface area contributed by atoms with Gasteiger partial charge in [-0.05, 0) is 37.0 Å². The first-order chi connectivity index (χ1) is 12.1. The third-order valence-corrected chi connectivity index (χ3v) is 4.75. The summed E-state index contributed by atoms with van der Waals surface area (Å²) in [5, 5.41) is 38.7. The van der Waals surface area contributed by atoms with Crippen molar-refractivity contribution in [3.05, 3.63) is 33.8 Å². The Hall–Kier alpha value is -1.34. The summed E-state index contributed by atoms with van der Waals surface area (Å²) in [6.07, 6.45) is 1.90. The maximum Gasteiger partial charge on any atom is 0.336 e. The number of carbonyl (C=O) groups is 2. The molecular weight excluding hydrogens is 383 g/mol. The third-order valence-electron chi connectivity index (χ3n) is 4.16. The Morgan fingerprint density at radius 2 is 1.73 bits per heavy atom. The first-order valence-electron chi connectivity index (χ1n) is 8.43. The summed E-state index contributed by atoms with van der Waals surface area (Å²) in [4.78, 5) is 21.7. The van der Waals surface area contributed by atoms with E-state index in [-0.39, 0.29) is 0 Å². The molecule has 4 N–H and O–H groups in total. The van der Waals surface area contributed by atoms with Crippen molar-refractivity contribution in [2.75, 3.05) is 0 Å². The largest absolute Gasteiger partial charge is 0.481 e. The number of aliphatic carboxylic acids is 2. The molecule has 0 saturated heterocycles. The van der Waals surface area contributed by atoms with Crippen LogP contribution in [0.15, 0.2) is 18.2 Å². The van der Waals surface area contributed by atoms with Gasteiger partial charge in [0.1, 0.15) is 0 Å². The van der Waals surface area contributed by atoms with Gasteiger partial charge in [0.2, 0.25) is 0 Å². The first-order valence-corrected chi connectivity index (χ1v) is 9.19. The molecule has 146 valence electrons. The topological polar surface area (TPSA) is 115 Å². The number of hydrogen-bond acceptors (Lipinski definition) is 4. The molecule has 0 aliphatic rings. The van der Waals surface area contributed by atoms with E-state index in [2.05, 4.69) is 0 Å². The zero-order valence-electron chi connectivity index (χ0n) is 14.3. The summed E-state index contributed by atoms with van der Waals surface area (Å²) >= 11 is 12.0. The van der Waals surface area contributed by atoms with Crippen LogP contribution in [0.1, 0.15) is 50.5 Å². The monoisotopic (exact) mass is 406 g/mol. The van der Waals surface area contributed by atoms with Crippen molar-refractivity contribution < 1.29 is 30.0 Å². The van der Waals surface area contributed by atoms with Crippen molar-refractivity contribution >= 4 is 35.1 Å². The predicted octanol–water partition coefficient (Wildman–Crippen LogP) is 3.53. The lowest BCUT2D eigenvalue weighted by atomic mass is 9.90. The maximum absolute atomic E-state index is 11.0. The van der Waals surface area contributed by atoms with Gasteiger partial charge in [0.05, 0.1) is 12.5 Å². The predicted molar refractivity (Wildman–Crippen MR) is 98.7 cm³/mol. The van der Waals surface area contributed by atoms with Crippen LogP contribution in [0.4, 0.5) is 0 Å². The standard InChI is InChI=1S/C18H24Cl2O6/c19-13-8-7-12(15(20)9-13)5-3-1-2-4-6-14(21)10-18(26,17(24)25)11-16(22)23/h7-9,14,21,26H,1-6,10-11H2,(H,22,23)(H,24,25). The fourth-order valence-corrected chi connectivity index (χ4v) is 3.25. The minimum absolute atomic E-state index is 0.302. The highest BCUT2D eigenvalue weighted by atomic mass is 35.5. The van der Waals surface area contributed by atoms with Crippen LogP contribution < -0.4 is 0 Å². The van der Waals surface area contributed by atoms with E-state index in [1.165, 1.54) is 0 Å². The molecule has 1 rings (SSSR count). The van der Waals surface area contributed by atoms with Gasteiger partial charge < -0.3 is 20.4 Å². The zero-order valence-corrected chi connectivity index (χ0v) is 15.8. The maximum atomic E-state index is 11.0. The van der Waals surface area contributed by atoms with E-state index >= 15 is 0 Å². The quantitative estimate of drug-likeness (QED) is 0.394. The number of rotatable bonds is 12. The van der Waals surface area contributed by atoms with E-state index in [0.29, 0.717) is 22.9 Å². The average Bonchev–Trinajstić information content (AvgIpc) is 2.51. The molecule has 0 aliphatic heterocycles. The lowest BCUT2D eigenvalue weighted by molar-refractivity contribution is -0.168. The van der Waals surface area contributed by atoms with Gasteiger partial charge in [-0.3, -0.25) is 4.79 Å². The van der Waals surface area contributed by atoms with Gasteiger partial charge in [-0.25, -0.2) is 4.79 Å². The number of halogens is 2. The lowest BCUT2D eigenvalue weighted by Gasteiger charge is -2.24. The van der Waals surface area contributed by atoms with E-state index in [9.17, 15) is 19.8 Å². The molecule has 8 heteroatoms. The van der Waals surface area contributed by atoms with Crippen LogP contribution in [0.3, 0.4) is 0 Å². The Balaban J connectivity index is 2.28. The van der Waals surface area contributed by atoms with Crippen LogP contribution in [0.2, 0.25) is 10.0 Å². The van der Waals surface area contributed by atoms with Crippen molar-refractivity contribution in [1.29, 1.82) is 0 Å². The van der Waals surface area contributed by atoms with Gasteiger partial charge in [0.15, 0.2) is 5.60 Å². The van der Waals surface area contributed by atoms with E-state index < -0.39 is 36.5 Å². The smallest absolute Gasteiger partial charge is 0.336 e. The second-order valence-corrected chi connectivity index (χ2v) is 7.30. The highest BCUT2D eigenvalue weighted by Gasteiger charge is 2.40. The fourth-order valence-electron chi connectivity index (χ4n) is 2.75. The Morgan fingerprint density at radius 3 is 2.31 bits per heavy atom. The SMILES string of the molecule is O=C(O)CC(O)(CC(O)CCCCCCc1ccc(Cl)cc1Cl)C(=O)O. The first kappa shape index (κ1) is 22.7. The highest BCUT2D eigenvalue weighted by molar-refractivity contribution is 6.35. The van der Waals surface area contributed by atoms with Crippen LogP contribution in [0.25, 0.3) is 0 Å². The highest BCUT2D eigenvalue weighted by Crippen LogP contribution is 2.24. The van der Waals surface area contributed by atoms with E-state index in [0.717, 1.165) is 31.2 Å². The van der Waals surface area contributed by atoms with E-state index in [4.69, 9.17) is 33.4 Å². The molecule has 6 nitrogen and oxygen atoms in total. The summed E-state index contributed by atoms with van der Waals surface area (Å²) in [6.45, 7) is 0. The molecule has 2 unspecified atom stereocenters. The van der Waals surface area contributed by atoms with Crippen molar-refractivity contribution in [2.24, 2.45) is 0 Å². The fraction of sp³-hybridized carbons (Fsp3) is 0.556. The summed E-state index contributed by atoms with van der Waals surface area (Å²) in [5.41, 5.74) is -1.42. The number of carboxylic acids is 2. The summed E-state index contributed by atoms with van der Waals surface area (Å²) in [7, 11) is 0. The molecule has 0 heterocycles. The lowest BCUT2D eigenvalue weighted by Crippen LogP contribution is -2.43. The summed E-state index contributed by atoms with van der Waals surface area (Å²) in [5.74, 6) is -3.07. The van der Waals surface area contributed by atoms with Gasteiger partial charge in [-0.15, -0.1) is 0 Å². The van der Waals surface area contributed by atoms with Gasteiger partial charge in [-0.2, -0.15) is 0 Å². The summed E-state index contributed by atoms with van der Waals surface area (Å²) in [6, 6.07) is 5.39. The number of benzene rings is 1. The molecule has 0 aliphatic carbocycles. The van der Waals surface area contributed by atoms with E-state index in [1.807, 2.05) is 6.07 Å². The molecule has 1 aromatic carbocycles. The zero-order chi connectivity index (χ0) is 19.7. The second kappa shape index (κ2) is 10.7. The van der Waals surface area contributed by atoms with Crippen LogP contribution >= 0.6 is 23.2 Å². The Kier molecular flexibility index (Phi) is 9.36. The van der Waals surface area contributed by atoms with Gasteiger partial charge >= 0.3 is 11.9 Å². The van der Waals surface area contributed by atoms with Crippen LogP contribution in [0, 0.1) is 0 Å². The number of aryl methyl sites for hydroxylation is 1. The Bertz CT molecular complexity index is 622. The molecule has 0 amide bonds. The molecular formula is C18H24Cl2O6. The van der Waals surface area contributed by atoms with Crippen molar-refractivity contribution in [3.63, 3.8) is 0 Å². The molecule has 0 fully saturated rings. The molecule has 2 atom stereocenters. The Labute approximate surface area is 162 Å². The van der Waals surface area contributed by atoms with Gasteiger partial charge in [-0.1, -0.05) is 48.5 Å². The van der Waals surface area contributed by atoms with Crippen molar-refractivity contribution in [3.8, 4) is 0 Å². The number of hydrogen-bond donors (Lipinski definition) is 4. The minimum Gasteiger partial charge on any atom is -0.481 e. The molecule has 0 bridgehead atoms. The van der Waals surface area contributed by atoms with Crippen LogP contribution in [-0.4, -0.2) is 44.1 Å². The molecule has 26 heavy (non-hydrogen) atoms. The Morgan fingerprint density at radius 1 is 1.08 bits per heavy atom. The second-order valence-electron chi connectivity index (χ2n) is 6.45. The molecule has 0 spiro atoms. The molecule has 1 aromatic rings. The van der Waals surface area contributed by atoms with Gasteiger partial charge in [0.25, 0.3) is 0 Å². The van der Waals surface area contributed by atoms with Crippen molar-refractivity contribution in [1.82, 2.24) is 0 Å².